The smallest absolute Gasteiger partial charge is 0.344 e. The van der Waals surface area contributed by atoms with E-state index in [-0.39, 0.29) is 0 Å². The molecule has 1 aliphatic heterocycles. The average Bonchev–Trinajstić information content (AvgIpc) is 2.94. The van der Waals surface area contributed by atoms with Gasteiger partial charge in [-0.3, -0.25) is 19.8 Å². The summed E-state index contributed by atoms with van der Waals surface area (Å²) < 4.78 is 53.1. The Morgan fingerprint density at radius 2 is 1.65 bits per heavy atom. The highest BCUT2D eigenvalue weighted by Crippen LogP contribution is 2.40. The van der Waals surface area contributed by atoms with Crippen LogP contribution in [0.1, 0.15) is 36.5 Å². The van der Waals surface area contributed by atoms with Gasteiger partial charge in [0.05, 0.1) is 23.6 Å². The molecule has 10 heteroatoms. The maximum absolute atomic E-state index is 13.3. The molecular formula is C27H23F4N3O3. The number of hydrogen-bond acceptors (Lipinski definition) is 3. The van der Waals surface area contributed by atoms with Gasteiger partial charge in [-0.15, -0.1) is 0 Å². The summed E-state index contributed by atoms with van der Waals surface area (Å²) in [5.74, 6) is -3.69. The minimum Gasteiger partial charge on any atom is -0.344 e. The van der Waals surface area contributed by atoms with E-state index in [2.05, 4.69) is 10.7 Å². The van der Waals surface area contributed by atoms with Gasteiger partial charge in [-0.2, -0.15) is 13.2 Å². The van der Waals surface area contributed by atoms with E-state index in [4.69, 9.17) is 0 Å². The maximum atomic E-state index is 13.3. The number of para-hydroxylation sites is 1. The van der Waals surface area contributed by atoms with Crippen LogP contribution in [0.3, 0.4) is 0 Å². The molecule has 0 radical (unpaired) electrons. The van der Waals surface area contributed by atoms with Crippen molar-refractivity contribution in [2.45, 2.75) is 38.4 Å². The summed E-state index contributed by atoms with van der Waals surface area (Å²) >= 11 is 0. The number of carbonyl (C=O) groups is 3. The zero-order valence-corrected chi connectivity index (χ0v) is 19.9. The predicted octanol–water partition coefficient (Wildman–Crippen LogP) is 4.74. The van der Waals surface area contributed by atoms with Gasteiger partial charge in [-0.25, -0.2) is 9.40 Å². The fourth-order valence-electron chi connectivity index (χ4n) is 4.28. The molecule has 0 bridgehead atoms. The lowest BCUT2D eigenvalue weighted by atomic mass is 9.92. The van der Waals surface area contributed by atoms with E-state index >= 15 is 0 Å². The van der Waals surface area contributed by atoms with Gasteiger partial charge in [-0.05, 0) is 48.7 Å². The van der Waals surface area contributed by atoms with Gasteiger partial charge in [0.1, 0.15) is 11.9 Å². The summed E-state index contributed by atoms with van der Waals surface area (Å²) in [6.07, 6.45) is -5.57. The van der Waals surface area contributed by atoms with E-state index in [0.29, 0.717) is 11.8 Å². The molecule has 6 nitrogen and oxygen atoms in total. The molecule has 2 atom stereocenters. The van der Waals surface area contributed by atoms with Crippen molar-refractivity contribution in [2.75, 3.05) is 5.01 Å². The first-order valence-electron chi connectivity index (χ1n) is 11.4. The molecule has 3 aromatic rings. The predicted molar refractivity (Wildman–Crippen MR) is 129 cm³/mol. The van der Waals surface area contributed by atoms with Crippen LogP contribution in [-0.4, -0.2) is 23.8 Å². The Morgan fingerprint density at radius 3 is 2.35 bits per heavy atom. The van der Waals surface area contributed by atoms with Crippen LogP contribution < -0.4 is 15.8 Å². The summed E-state index contributed by atoms with van der Waals surface area (Å²) in [5, 5.41) is 3.48. The quantitative estimate of drug-likeness (QED) is 0.484. The Balaban J connectivity index is 1.52. The molecule has 1 heterocycles. The van der Waals surface area contributed by atoms with Crippen LogP contribution in [-0.2, 0) is 27.0 Å². The molecule has 0 saturated heterocycles. The number of nitrogens with zero attached hydrogens (tertiary/aromatic N) is 1. The van der Waals surface area contributed by atoms with Gasteiger partial charge in [0.15, 0.2) is 0 Å². The average molecular weight is 513 g/mol. The normalized spacial score (nSPS) is 15.8. The SMILES string of the molecule is CC1C(=O)N(NC(=O)[C@H](C)NC(=O)Cc2ccc(F)cc2C(F)(F)F)c2ccccc2-c2ccccc21. The van der Waals surface area contributed by atoms with Crippen LogP contribution in [0.5, 0.6) is 0 Å². The van der Waals surface area contributed by atoms with Gasteiger partial charge < -0.3 is 5.32 Å². The van der Waals surface area contributed by atoms with E-state index in [1.165, 1.54) is 6.92 Å². The third-order valence-electron chi connectivity index (χ3n) is 6.17. The van der Waals surface area contributed by atoms with Crippen LogP contribution in [0.2, 0.25) is 0 Å². The fraction of sp³-hybridized carbons (Fsp3) is 0.222. The fourth-order valence-corrected chi connectivity index (χ4v) is 4.28. The molecule has 37 heavy (non-hydrogen) atoms. The van der Waals surface area contributed by atoms with Crippen molar-refractivity contribution in [3.8, 4) is 11.1 Å². The van der Waals surface area contributed by atoms with Crippen LogP contribution in [0.15, 0.2) is 66.7 Å². The molecule has 2 N–H and O–H groups in total. The molecule has 0 fully saturated rings. The number of hydrazine groups is 1. The number of amides is 3. The first-order chi connectivity index (χ1) is 17.5. The molecular weight excluding hydrogens is 490 g/mol. The van der Waals surface area contributed by atoms with Crippen LogP contribution >= 0.6 is 0 Å². The number of halogens is 4. The maximum Gasteiger partial charge on any atom is 0.416 e. The molecule has 0 aliphatic carbocycles. The third kappa shape index (κ3) is 5.32. The minimum atomic E-state index is -4.85. The number of benzene rings is 3. The second-order valence-corrected chi connectivity index (χ2v) is 8.74. The molecule has 1 aliphatic rings. The lowest BCUT2D eigenvalue weighted by Crippen LogP contribution is -2.54. The van der Waals surface area contributed by atoms with Gasteiger partial charge in [0.2, 0.25) is 5.91 Å². The van der Waals surface area contributed by atoms with Crippen molar-refractivity contribution in [2.24, 2.45) is 0 Å². The molecule has 3 aromatic carbocycles. The third-order valence-corrected chi connectivity index (χ3v) is 6.17. The van der Waals surface area contributed by atoms with E-state index in [0.717, 1.165) is 33.8 Å². The van der Waals surface area contributed by atoms with E-state index < -0.39 is 59.2 Å². The Bertz CT molecular complexity index is 1370. The second kappa shape index (κ2) is 10.0. The van der Waals surface area contributed by atoms with Crippen LogP contribution in [0, 0.1) is 5.82 Å². The molecule has 0 saturated carbocycles. The van der Waals surface area contributed by atoms with Gasteiger partial charge in [0, 0.05) is 5.56 Å². The monoisotopic (exact) mass is 513 g/mol. The van der Waals surface area contributed by atoms with Gasteiger partial charge in [-0.1, -0.05) is 48.5 Å². The van der Waals surface area contributed by atoms with Gasteiger partial charge in [0.25, 0.3) is 11.8 Å². The number of rotatable bonds is 5. The highest BCUT2D eigenvalue weighted by molar-refractivity contribution is 6.06. The number of hydrogen-bond donors (Lipinski definition) is 2. The van der Waals surface area contributed by atoms with Crippen molar-refractivity contribution in [3.05, 3.63) is 89.2 Å². The summed E-state index contributed by atoms with van der Waals surface area (Å²) in [6, 6.07) is 15.3. The Morgan fingerprint density at radius 1 is 1.00 bits per heavy atom. The summed E-state index contributed by atoms with van der Waals surface area (Å²) in [6.45, 7) is 3.06. The number of alkyl halides is 3. The standard InChI is InChI=1S/C27H23F4N3O3/c1-15-19-7-3-4-8-20(19)21-9-5-6-10-23(21)34(26(15)37)33-25(36)16(2)32-24(35)13-17-11-12-18(28)14-22(17)27(29,30)31/h3-12,14-16H,13H2,1-2H3,(H,32,35)(H,33,36)/t15?,16-/m0/s1. The molecule has 3 amide bonds. The Labute approximate surface area is 210 Å². The summed E-state index contributed by atoms with van der Waals surface area (Å²) in [7, 11) is 0. The van der Waals surface area contributed by atoms with E-state index in [1.54, 1.807) is 19.1 Å². The molecule has 0 spiro atoms. The summed E-state index contributed by atoms with van der Waals surface area (Å²) in [5.41, 5.74) is 3.65. The van der Waals surface area contributed by atoms with Crippen molar-refractivity contribution in [1.82, 2.24) is 10.7 Å². The number of anilines is 1. The topological polar surface area (TPSA) is 78.5 Å². The highest BCUT2D eigenvalue weighted by Gasteiger charge is 2.35. The lowest BCUT2D eigenvalue weighted by Gasteiger charge is -2.27. The van der Waals surface area contributed by atoms with Crippen molar-refractivity contribution < 1.29 is 31.9 Å². The molecule has 4 rings (SSSR count). The minimum absolute atomic E-state index is 0.320. The Kier molecular flexibility index (Phi) is 7.02. The number of fused-ring (bicyclic) bond motifs is 3. The molecule has 1 unspecified atom stereocenters. The second-order valence-electron chi connectivity index (χ2n) is 8.74. The van der Waals surface area contributed by atoms with Crippen molar-refractivity contribution in [1.29, 1.82) is 0 Å². The van der Waals surface area contributed by atoms with Crippen LogP contribution in [0.25, 0.3) is 11.1 Å². The van der Waals surface area contributed by atoms with E-state index in [9.17, 15) is 31.9 Å². The summed E-state index contributed by atoms with van der Waals surface area (Å²) in [4.78, 5) is 38.8. The van der Waals surface area contributed by atoms with Crippen LogP contribution in [0.4, 0.5) is 23.2 Å². The largest absolute Gasteiger partial charge is 0.416 e. The number of carbonyl (C=O) groups excluding carboxylic acids is 3. The first kappa shape index (κ1) is 25.9. The van der Waals surface area contributed by atoms with Crippen molar-refractivity contribution in [3.63, 3.8) is 0 Å². The van der Waals surface area contributed by atoms with E-state index in [1.807, 2.05) is 36.4 Å². The van der Waals surface area contributed by atoms with Gasteiger partial charge >= 0.3 is 6.18 Å². The molecule has 192 valence electrons. The lowest BCUT2D eigenvalue weighted by molar-refractivity contribution is -0.138. The van der Waals surface area contributed by atoms with Crippen molar-refractivity contribution >= 4 is 23.4 Å². The molecule has 0 aromatic heterocycles. The number of nitrogens with one attached hydrogen (secondary N) is 2. The zero-order chi connectivity index (χ0) is 26.9. The highest BCUT2D eigenvalue weighted by atomic mass is 19.4. The zero-order valence-electron chi connectivity index (χ0n) is 19.9. The Hall–Kier alpha value is -4.21. The first-order valence-corrected chi connectivity index (χ1v) is 11.4.